The van der Waals surface area contributed by atoms with Crippen LogP contribution in [0.2, 0.25) is 5.15 Å². The number of hydrogen-bond donors (Lipinski definition) is 2. The Kier molecular flexibility index (Phi) is 4.91. The Labute approximate surface area is 110 Å². The summed E-state index contributed by atoms with van der Waals surface area (Å²) in [5, 5.41) is 13.9. The number of rotatable bonds is 5. The topological polar surface area (TPSA) is 94.1 Å². The van der Waals surface area contributed by atoms with Gasteiger partial charge < -0.3 is 15.4 Å². The Morgan fingerprint density at radius 2 is 2.33 bits per heavy atom. The van der Waals surface area contributed by atoms with Crippen LogP contribution in [-0.2, 0) is 0 Å². The normalized spacial score (nSPS) is 13.7. The zero-order valence-electron chi connectivity index (χ0n) is 10.2. The minimum Gasteiger partial charge on any atom is -0.384 e. The van der Waals surface area contributed by atoms with Crippen LogP contribution in [0.3, 0.4) is 0 Å². The zero-order chi connectivity index (χ0) is 13.7. The highest BCUT2D eigenvalue weighted by atomic mass is 35.5. The van der Waals surface area contributed by atoms with E-state index in [0.29, 0.717) is 17.3 Å². The lowest BCUT2D eigenvalue weighted by Gasteiger charge is -2.18. The van der Waals surface area contributed by atoms with Crippen molar-refractivity contribution in [2.75, 3.05) is 7.05 Å². The third-order valence-corrected chi connectivity index (χ3v) is 2.87. The van der Waals surface area contributed by atoms with Gasteiger partial charge in [-0.3, -0.25) is 5.73 Å². The van der Waals surface area contributed by atoms with E-state index in [1.54, 1.807) is 25.4 Å². The molecule has 3 N–H and O–H groups in total. The fraction of sp³-hybridized carbons (Fsp3) is 0.364. The summed E-state index contributed by atoms with van der Waals surface area (Å²) in [6.07, 6.45) is 2.26. The fourth-order valence-electron chi connectivity index (χ4n) is 1.78. The van der Waals surface area contributed by atoms with Crippen LogP contribution in [0, 0.1) is 10.1 Å². The highest BCUT2D eigenvalue weighted by Crippen LogP contribution is 2.27. The van der Waals surface area contributed by atoms with E-state index in [9.17, 15) is 10.1 Å². The average Bonchev–Trinajstić information content (AvgIpc) is 2.36. The highest BCUT2D eigenvalue weighted by molar-refractivity contribution is 6.29. The Morgan fingerprint density at radius 1 is 1.67 bits per heavy atom. The van der Waals surface area contributed by atoms with E-state index in [1.165, 1.54) is 0 Å². The second-order valence-corrected chi connectivity index (χ2v) is 4.07. The van der Waals surface area contributed by atoms with Gasteiger partial charge in [-0.05, 0) is 23.0 Å². The van der Waals surface area contributed by atoms with Crippen LogP contribution in [0.4, 0.5) is 0 Å². The number of nitrogens with zero attached hydrogens (tertiary/aromatic N) is 2. The molecule has 0 aliphatic rings. The van der Waals surface area contributed by atoms with Gasteiger partial charge in [-0.25, -0.2) is 4.98 Å². The number of halogens is 1. The first-order valence-corrected chi connectivity index (χ1v) is 5.82. The van der Waals surface area contributed by atoms with Gasteiger partial charge in [-0.1, -0.05) is 24.6 Å². The molecule has 0 spiro atoms. The number of nitro groups is 1. The molecule has 1 atom stereocenters. The summed E-state index contributed by atoms with van der Waals surface area (Å²) in [6.45, 7) is 1.92. The molecule has 98 valence electrons. The van der Waals surface area contributed by atoms with Crippen LogP contribution in [-0.4, -0.2) is 17.0 Å². The van der Waals surface area contributed by atoms with Crippen molar-refractivity contribution in [1.82, 2.24) is 10.3 Å². The van der Waals surface area contributed by atoms with E-state index < -0.39 is 4.92 Å². The van der Waals surface area contributed by atoms with Gasteiger partial charge in [0.15, 0.2) is 0 Å². The molecule has 1 aromatic rings. The molecule has 1 unspecified atom stereocenters. The van der Waals surface area contributed by atoms with Crippen molar-refractivity contribution in [3.05, 3.63) is 50.7 Å². The lowest BCUT2D eigenvalue weighted by molar-refractivity contribution is -0.428. The smallest absolute Gasteiger partial charge is 0.333 e. The predicted octanol–water partition coefficient (Wildman–Crippen LogP) is 1.85. The molecule has 0 saturated heterocycles. The standard InChI is InChI=1S/C11H15ClN4O2/c1-3-8(7-4-5-9(12)15-6-7)10(14-2)11(13)16(17)18/h4-6,8,14H,3,13H2,1-2H3. The van der Waals surface area contributed by atoms with Gasteiger partial charge in [0.1, 0.15) is 10.9 Å². The summed E-state index contributed by atoms with van der Waals surface area (Å²) >= 11 is 5.71. The maximum absolute atomic E-state index is 10.8. The van der Waals surface area contributed by atoms with E-state index in [1.807, 2.05) is 6.92 Å². The van der Waals surface area contributed by atoms with Gasteiger partial charge in [0, 0.05) is 19.2 Å². The van der Waals surface area contributed by atoms with Crippen molar-refractivity contribution in [2.24, 2.45) is 5.73 Å². The first-order chi connectivity index (χ1) is 8.51. The van der Waals surface area contributed by atoms with E-state index in [-0.39, 0.29) is 11.7 Å². The number of likely N-dealkylation sites (N-methyl/N-ethyl adjacent to an activating group) is 1. The second kappa shape index (κ2) is 6.20. The van der Waals surface area contributed by atoms with Crippen molar-refractivity contribution in [1.29, 1.82) is 0 Å². The second-order valence-electron chi connectivity index (χ2n) is 3.68. The van der Waals surface area contributed by atoms with Crippen molar-refractivity contribution < 1.29 is 4.92 Å². The van der Waals surface area contributed by atoms with Crippen LogP contribution in [0.1, 0.15) is 24.8 Å². The van der Waals surface area contributed by atoms with E-state index in [4.69, 9.17) is 17.3 Å². The van der Waals surface area contributed by atoms with Crippen LogP contribution in [0.5, 0.6) is 0 Å². The molecule has 0 radical (unpaired) electrons. The number of allylic oxidation sites excluding steroid dienone is 1. The Morgan fingerprint density at radius 3 is 2.72 bits per heavy atom. The fourth-order valence-corrected chi connectivity index (χ4v) is 1.89. The molecule has 0 aliphatic heterocycles. The molecule has 1 aromatic heterocycles. The average molecular weight is 271 g/mol. The largest absolute Gasteiger partial charge is 0.384 e. The zero-order valence-corrected chi connectivity index (χ0v) is 10.9. The summed E-state index contributed by atoms with van der Waals surface area (Å²) in [7, 11) is 1.61. The van der Waals surface area contributed by atoms with Gasteiger partial charge in [0.05, 0.1) is 0 Å². The molecule has 1 rings (SSSR count). The van der Waals surface area contributed by atoms with E-state index >= 15 is 0 Å². The molecule has 0 amide bonds. The maximum Gasteiger partial charge on any atom is 0.333 e. The van der Waals surface area contributed by atoms with Gasteiger partial charge in [-0.15, -0.1) is 0 Å². The highest BCUT2D eigenvalue weighted by Gasteiger charge is 2.22. The molecule has 18 heavy (non-hydrogen) atoms. The van der Waals surface area contributed by atoms with Crippen molar-refractivity contribution >= 4 is 11.6 Å². The van der Waals surface area contributed by atoms with Gasteiger partial charge in [-0.2, -0.15) is 0 Å². The number of nitrogens with one attached hydrogen (secondary N) is 1. The van der Waals surface area contributed by atoms with Gasteiger partial charge >= 0.3 is 5.82 Å². The Balaban J connectivity index is 3.19. The number of nitrogens with two attached hydrogens (primary N) is 1. The molecule has 1 heterocycles. The Hall–Kier alpha value is -1.82. The predicted molar refractivity (Wildman–Crippen MR) is 69.5 cm³/mol. The lowest BCUT2D eigenvalue weighted by atomic mass is 9.94. The third kappa shape index (κ3) is 3.10. The molecule has 0 bridgehead atoms. The lowest BCUT2D eigenvalue weighted by Crippen LogP contribution is -2.24. The minimum absolute atomic E-state index is 0.204. The van der Waals surface area contributed by atoms with E-state index in [2.05, 4.69) is 10.3 Å². The number of aromatic nitrogens is 1. The van der Waals surface area contributed by atoms with Crippen molar-refractivity contribution in [2.45, 2.75) is 19.3 Å². The van der Waals surface area contributed by atoms with Crippen LogP contribution in [0.15, 0.2) is 29.8 Å². The molecule has 0 fully saturated rings. The summed E-state index contributed by atoms with van der Waals surface area (Å²) in [4.78, 5) is 14.1. The molecule has 0 aliphatic carbocycles. The van der Waals surface area contributed by atoms with Gasteiger partial charge in [0.2, 0.25) is 0 Å². The molecule has 7 heteroatoms. The molecule has 6 nitrogen and oxygen atoms in total. The van der Waals surface area contributed by atoms with E-state index in [0.717, 1.165) is 5.56 Å². The molecule has 0 saturated carbocycles. The summed E-state index contributed by atoms with van der Waals surface area (Å²) in [6, 6.07) is 3.43. The third-order valence-electron chi connectivity index (χ3n) is 2.65. The first-order valence-electron chi connectivity index (χ1n) is 5.44. The quantitative estimate of drug-likeness (QED) is 0.484. The molecular weight excluding hydrogens is 256 g/mol. The van der Waals surface area contributed by atoms with Crippen molar-refractivity contribution in [3.8, 4) is 0 Å². The Bertz CT molecular complexity index is 459. The van der Waals surface area contributed by atoms with Crippen LogP contribution in [0.25, 0.3) is 0 Å². The minimum atomic E-state index is -0.599. The number of pyridine rings is 1. The van der Waals surface area contributed by atoms with Crippen LogP contribution < -0.4 is 11.1 Å². The maximum atomic E-state index is 10.8. The molecule has 0 aromatic carbocycles. The first kappa shape index (κ1) is 14.2. The number of hydrogen-bond acceptors (Lipinski definition) is 5. The van der Waals surface area contributed by atoms with Crippen LogP contribution >= 0.6 is 11.6 Å². The summed E-state index contributed by atoms with van der Waals surface area (Å²) in [5.41, 5.74) is 6.70. The summed E-state index contributed by atoms with van der Waals surface area (Å²) in [5.74, 6) is -0.579. The SMILES string of the molecule is CCC(C(NC)=C(N)[N+](=O)[O-])c1ccc(Cl)nc1. The summed E-state index contributed by atoms with van der Waals surface area (Å²) < 4.78 is 0. The van der Waals surface area contributed by atoms with Crippen molar-refractivity contribution in [3.63, 3.8) is 0 Å². The monoisotopic (exact) mass is 270 g/mol. The van der Waals surface area contributed by atoms with Gasteiger partial charge in [0.25, 0.3) is 0 Å². The molecular formula is C11H15ClN4O2.